The van der Waals surface area contributed by atoms with Crippen molar-refractivity contribution in [1.82, 2.24) is 4.98 Å². The van der Waals surface area contributed by atoms with Crippen molar-refractivity contribution in [2.75, 3.05) is 0 Å². The van der Waals surface area contributed by atoms with Gasteiger partial charge in [0, 0.05) is 11.4 Å². The van der Waals surface area contributed by atoms with Gasteiger partial charge in [0.25, 0.3) is 0 Å². The first-order valence-electron chi connectivity index (χ1n) is 6.46. The van der Waals surface area contributed by atoms with E-state index in [-0.39, 0.29) is 6.04 Å². The van der Waals surface area contributed by atoms with Crippen LogP contribution in [-0.2, 0) is 0 Å². The van der Waals surface area contributed by atoms with Crippen LogP contribution >= 0.6 is 0 Å². The van der Waals surface area contributed by atoms with E-state index in [1.165, 1.54) is 31.1 Å². The van der Waals surface area contributed by atoms with E-state index in [0.29, 0.717) is 5.92 Å². The Kier molecular flexibility index (Phi) is 2.81. The number of hydrogen-bond acceptors (Lipinski definition) is 2. The van der Waals surface area contributed by atoms with Crippen LogP contribution in [0.25, 0.3) is 10.9 Å². The third kappa shape index (κ3) is 2.05. The van der Waals surface area contributed by atoms with Crippen LogP contribution in [0.3, 0.4) is 0 Å². The smallest absolute Gasteiger partial charge is 0.0706 e. The molecule has 2 N–H and O–H groups in total. The van der Waals surface area contributed by atoms with Crippen LogP contribution in [0.2, 0.25) is 0 Å². The standard InChI is InChI=1S/C15H18N2/c16-15(12-6-1-2-7-12)14-10-9-11-5-3-4-8-13(11)17-14/h3-5,8-10,12,15H,1-2,6-7,16H2/t15-/m1/s1. The van der Waals surface area contributed by atoms with Crippen molar-refractivity contribution in [2.45, 2.75) is 31.7 Å². The molecule has 0 unspecified atom stereocenters. The Morgan fingerprint density at radius 1 is 1.06 bits per heavy atom. The monoisotopic (exact) mass is 226 g/mol. The summed E-state index contributed by atoms with van der Waals surface area (Å²) in [5, 5.41) is 1.19. The lowest BCUT2D eigenvalue weighted by Gasteiger charge is -2.18. The van der Waals surface area contributed by atoms with Gasteiger partial charge in [0.1, 0.15) is 0 Å². The van der Waals surface area contributed by atoms with Gasteiger partial charge in [-0.1, -0.05) is 37.1 Å². The number of benzene rings is 1. The third-order valence-corrected chi connectivity index (χ3v) is 3.87. The van der Waals surface area contributed by atoms with Gasteiger partial charge in [0.2, 0.25) is 0 Å². The first kappa shape index (κ1) is 10.7. The van der Waals surface area contributed by atoms with E-state index < -0.39 is 0 Å². The first-order valence-corrected chi connectivity index (χ1v) is 6.46. The third-order valence-electron chi connectivity index (χ3n) is 3.87. The number of pyridine rings is 1. The molecule has 1 atom stereocenters. The van der Waals surface area contributed by atoms with Crippen molar-refractivity contribution in [3.63, 3.8) is 0 Å². The summed E-state index contributed by atoms with van der Waals surface area (Å²) in [7, 11) is 0. The minimum absolute atomic E-state index is 0.113. The van der Waals surface area contributed by atoms with E-state index in [1.54, 1.807) is 0 Å². The summed E-state index contributed by atoms with van der Waals surface area (Å²) >= 11 is 0. The van der Waals surface area contributed by atoms with E-state index in [9.17, 15) is 0 Å². The Morgan fingerprint density at radius 3 is 2.65 bits per heavy atom. The van der Waals surface area contributed by atoms with Gasteiger partial charge in [-0.15, -0.1) is 0 Å². The van der Waals surface area contributed by atoms with Crippen LogP contribution in [-0.4, -0.2) is 4.98 Å². The van der Waals surface area contributed by atoms with Crippen molar-refractivity contribution in [3.05, 3.63) is 42.1 Å². The quantitative estimate of drug-likeness (QED) is 0.852. The zero-order valence-corrected chi connectivity index (χ0v) is 9.97. The molecule has 2 aromatic rings. The lowest BCUT2D eigenvalue weighted by atomic mass is 9.95. The molecular formula is C15H18N2. The molecule has 0 radical (unpaired) electrons. The van der Waals surface area contributed by atoms with E-state index in [2.05, 4.69) is 24.3 Å². The van der Waals surface area contributed by atoms with Gasteiger partial charge in [0.05, 0.1) is 11.2 Å². The minimum atomic E-state index is 0.113. The van der Waals surface area contributed by atoms with Crippen molar-refractivity contribution in [1.29, 1.82) is 0 Å². The Bertz CT molecular complexity index is 515. The molecule has 0 aliphatic heterocycles. The second-order valence-corrected chi connectivity index (χ2v) is 5.00. The number of aromatic nitrogens is 1. The molecule has 0 bridgehead atoms. The molecule has 0 saturated heterocycles. The summed E-state index contributed by atoms with van der Waals surface area (Å²) in [6.45, 7) is 0. The summed E-state index contributed by atoms with van der Waals surface area (Å²) in [5.74, 6) is 0.628. The second kappa shape index (κ2) is 4.46. The van der Waals surface area contributed by atoms with Crippen LogP contribution in [0.4, 0.5) is 0 Å². The van der Waals surface area contributed by atoms with Gasteiger partial charge < -0.3 is 5.73 Å². The van der Waals surface area contributed by atoms with Gasteiger partial charge >= 0.3 is 0 Å². The van der Waals surface area contributed by atoms with Gasteiger partial charge in [-0.25, -0.2) is 0 Å². The molecule has 1 heterocycles. The molecule has 1 aromatic heterocycles. The largest absolute Gasteiger partial charge is 0.322 e. The van der Waals surface area contributed by atoms with Crippen molar-refractivity contribution < 1.29 is 0 Å². The van der Waals surface area contributed by atoms with Gasteiger partial charge in [-0.2, -0.15) is 0 Å². The number of para-hydroxylation sites is 1. The second-order valence-electron chi connectivity index (χ2n) is 5.00. The number of fused-ring (bicyclic) bond motifs is 1. The van der Waals surface area contributed by atoms with Crippen molar-refractivity contribution in [2.24, 2.45) is 11.7 Å². The van der Waals surface area contributed by atoms with E-state index >= 15 is 0 Å². The Balaban J connectivity index is 1.94. The SMILES string of the molecule is N[C@@H](c1ccc2ccccc2n1)C1CCCC1. The molecule has 1 aliphatic carbocycles. The van der Waals surface area contributed by atoms with Crippen LogP contribution in [0.5, 0.6) is 0 Å². The Morgan fingerprint density at radius 2 is 1.82 bits per heavy atom. The molecule has 1 aliphatic rings. The molecule has 1 fully saturated rings. The average molecular weight is 226 g/mol. The molecule has 0 spiro atoms. The Labute approximate surface area is 102 Å². The summed E-state index contributed by atoms with van der Waals surface area (Å²) in [6, 6.07) is 12.5. The van der Waals surface area contributed by atoms with Crippen LogP contribution in [0.1, 0.15) is 37.4 Å². The fourth-order valence-corrected chi connectivity index (χ4v) is 2.83. The van der Waals surface area contributed by atoms with E-state index in [4.69, 9.17) is 10.7 Å². The molecule has 17 heavy (non-hydrogen) atoms. The Hall–Kier alpha value is -1.41. The number of nitrogens with zero attached hydrogens (tertiary/aromatic N) is 1. The summed E-state index contributed by atoms with van der Waals surface area (Å²) in [5.41, 5.74) is 8.43. The molecule has 88 valence electrons. The van der Waals surface area contributed by atoms with E-state index in [1.807, 2.05) is 12.1 Å². The number of nitrogens with two attached hydrogens (primary N) is 1. The molecule has 2 heteroatoms. The van der Waals surface area contributed by atoms with Gasteiger partial charge in [-0.3, -0.25) is 4.98 Å². The predicted molar refractivity (Wildman–Crippen MR) is 70.6 cm³/mol. The molecular weight excluding hydrogens is 208 g/mol. The average Bonchev–Trinajstić information content (AvgIpc) is 2.91. The normalized spacial score (nSPS) is 18.6. The highest BCUT2D eigenvalue weighted by Gasteiger charge is 2.24. The predicted octanol–water partition coefficient (Wildman–Crippen LogP) is 3.42. The number of rotatable bonds is 2. The highest BCUT2D eigenvalue weighted by atomic mass is 14.8. The van der Waals surface area contributed by atoms with Crippen molar-refractivity contribution >= 4 is 10.9 Å². The number of hydrogen-bond donors (Lipinski definition) is 1. The summed E-state index contributed by atoms with van der Waals surface area (Å²) in [6.07, 6.45) is 5.17. The zero-order chi connectivity index (χ0) is 11.7. The molecule has 1 saturated carbocycles. The zero-order valence-electron chi connectivity index (χ0n) is 9.97. The highest BCUT2D eigenvalue weighted by molar-refractivity contribution is 5.78. The molecule has 3 rings (SSSR count). The maximum Gasteiger partial charge on any atom is 0.0706 e. The molecule has 2 nitrogen and oxygen atoms in total. The summed E-state index contributed by atoms with van der Waals surface area (Å²) in [4.78, 5) is 4.69. The topological polar surface area (TPSA) is 38.9 Å². The van der Waals surface area contributed by atoms with Gasteiger partial charge in [-0.05, 0) is 30.9 Å². The maximum atomic E-state index is 6.33. The van der Waals surface area contributed by atoms with Crippen LogP contribution < -0.4 is 5.73 Å². The lowest BCUT2D eigenvalue weighted by Crippen LogP contribution is -2.20. The van der Waals surface area contributed by atoms with Gasteiger partial charge in [0.15, 0.2) is 0 Å². The van der Waals surface area contributed by atoms with E-state index in [0.717, 1.165) is 11.2 Å². The fourth-order valence-electron chi connectivity index (χ4n) is 2.83. The fraction of sp³-hybridized carbons (Fsp3) is 0.400. The lowest BCUT2D eigenvalue weighted by molar-refractivity contribution is 0.438. The minimum Gasteiger partial charge on any atom is -0.322 e. The summed E-state index contributed by atoms with van der Waals surface area (Å²) < 4.78 is 0. The van der Waals surface area contributed by atoms with Crippen molar-refractivity contribution in [3.8, 4) is 0 Å². The first-order chi connectivity index (χ1) is 8.34. The highest BCUT2D eigenvalue weighted by Crippen LogP contribution is 2.33. The molecule has 1 aromatic carbocycles. The molecule has 0 amide bonds. The van der Waals surface area contributed by atoms with Crippen LogP contribution in [0, 0.1) is 5.92 Å². The maximum absolute atomic E-state index is 6.33. The van der Waals surface area contributed by atoms with Crippen LogP contribution in [0.15, 0.2) is 36.4 Å².